The quantitative estimate of drug-likeness (QED) is 0.677. The molecular formula is C22H22N2OS. The maximum Gasteiger partial charge on any atom is 0.223 e. The first-order chi connectivity index (χ1) is 12.8. The van der Waals surface area contributed by atoms with Gasteiger partial charge in [0.25, 0.3) is 0 Å². The van der Waals surface area contributed by atoms with Gasteiger partial charge in [0.15, 0.2) is 0 Å². The van der Waals surface area contributed by atoms with Gasteiger partial charge in [0, 0.05) is 45.8 Å². The number of carbonyl (C=O) groups is 1. The largest absolute Gasteiger partial charge is 0.358 e. The van der Waals surface area contributed by atoms with E-state index in [1.165, 1.54) is 27.1 Å². The Bertz CT molecular complexity index is 949. The highest BCUT2D eigenvalue weighted by molar-refractivity contribution is 7.99. The number of H-pyrrole nitrogens is 1. The maximum absolute atomic E-state index is 12.8. The predicted octanol–water partition coefficient (Wildman–Crippen LogP) is 4.80. The molecule has 1 aliphatic carbocycles. The van der Waals surface area contributed by atoms with Crippen molar-refractivity contribution >= 4 is 28.6 Å². The molecule has 5 rings (SSSR count). The van der Waals surface area contributed by atoms with Crippen LogP contribution in [0.25, 0.3) is 10.9 Å². The smallest absolute Gasteiger partial charge is 0.223 e. The van der Waals surface area contributed by atoms with E-state index < -0.39 is 0 Å². The summed E-state index contributed by atoms with van der Waals surface area (Å²) in [6.45, 7) is 0.814. The zero-order valence-electron chi connectivity index (χ0n) is 14.7. The van der Waals surface area contributed by atoms with Gasteiger partial charge >= 0.3 is 0 Å². The van der Waals surface area contributed by atoms with Gasteiger partial charge in [-0.05, 0) is 37.0 Å². The number of hydrogen-bond acceptors (Lipinski definition) is 2. The Balaban J connectivity index is 1.42. The van der Waals surface area contributed by atoms with E-state index in [9.17, 15) is 4.79 Å². The van der Waals surface area contributed by atoms with E-state index in [1.54, 1.807) is 0 Å². The number of piperidine rings is 1. The van der Waals surface area contributed by atoms with Crippen LogP contribution in [0.15, 0.2) is 59.5 Å². The summed E-state index contributed by atoms with van der Waals surface area (Å²) in [7, 11) is 0. The first kappa shape index (κ1) is 16.0. The molecule has 0 spiro atoms. The predicted molar refractivity (Wildman–Crippen MR) is 106 cm³/mol. The summed E-state index contributed by atoms with van der Waals surface area (Å²) in [6.07, 6.45) is 2.82. The van der Waals surface area contributed by atoms with Crippen molar-refractivity contribution in [2.75, 3.05) is 12.3 Å². The highest BCUT2D eigenvalue weighted by Crippen LogP contribution is 2.45. The SMILES string of the molecule is O=C1C[C@H]2Cc3[nH]c4ccccc4c3[C@H](C2)N1CCSc1ccccc1. The van der Waals surface area contributed by atoms with Crippen molar-refractivity contribution in [1.29, 1.82) is 0 Å². The second-order valence-electron chi connectivity index (χ2n) is 7.34. The number of benzene rings is 2. The standard InChI is InChI=1S/C22H22N2OS/c25-21-14-15-12-19-22(17-8-4-5-9-18(17)23-19)20(13-15)24(21)10-11-26-16-6-2-1-3-7-16/h1-9,15,20,23H,10-14H2/t15-,20-/m0/s1. The molecule has 132 valence electrons. The summed E-state index contributed by atoms with van der Waals surface area (Å²) in [5.74, 6) is 1.76. The maximum atomic E-state index is 12.8. The number of amides is 1. The molecule has 1 aliphatic heterocycles. The van der Waals surface area contributed by atoms with E-state index in [-0.39, 0.29) is 6.04 Å². The minimum atomic E-state index is 0.234. The van der Waals surface area contributed by atoms with Crippen molar-refractivity contribution in [2.45, 2.75) is 30.2 Å². The highest BCUT2D eigenvalue weighted by atomic mass is 32.2. The van der Waals surface area contributed by atoms with E-state index in [4.69, 9.17) is 0 Å². The molecule has 0 radical (unpaired) electrons. The molecule has 0 unspecified atom stereocenters. The summed E-state index contributed by atoms with van der Waals surface area (Å²) >= 11 is 1.83. The minimum absolute atomic E-state index is 0.234. The van der Waals surface area contributed by atoms with E-state index in [0.717, 1.165) is 25.1 Å². The van der Waals surface area contributed by atoms with Crippen LogP contribution in [0, 0.1) is 5.92 Å². The van der Waals surface area contributed by atoms with Crippen LogP contribution in [-0.4, -0.2) is 28.1 Å². The van der Waals surface area contributed by atoms with Crippen molar-refractivity contribution in [3.63, 3.8) is 0 Å². The molecular weight excluding hydrogens is 340 g/mol. The molecule has 2 aliphatic rings. The van der Waals surface area contributed by atoms with E-state index in [1.807, 2.05) is 17.8 Å². The number of carbonyl (C=O) groups excluding carboxylic acids is 1. The number of thioether (sulfide) groups is 1. The molecule has 1 saturated heterocycles. The lowest BCUT2D eigenvalue weighted by molar-refractivity contribution is -0.138. The molecule has 3 nitrogen and oxygen atoms in total. The third-order valence-electron chi connectivity index (χ3n) is 5.71. The second kappa shape index (κ2) is 6.51. The average Bonchev–Trinajstić information content (AvgIpc) is 3.03. The van der Waals surface area contributed by atoms with Gasteiger partial charge in [0.1, 0.15) is 0 Å². The van der Waals surface area contributed by atoms with Gasteiger partial charge in [-0.1, -0.05) is 36.4 Å². The lowest BCUT2D eigenvalue weighted by Gasteiger charge is -2.43. The Kier molecular flexibility index (Phi) is 4.01. The van der Waals surface area contributed by atoms with Gasteiger partial charge in [0.2, 0.25) is 5.91 Å². The van der Waals surface area contributed by atoms with Crippen molar-refractivity contribution < 1.29 is 4.79 Å². The number of para-hydroxylation sites is 1. The zero-order valence-corrected chi connectivity index (χ0v) is 15.5. The molecule has 0 saturated carbocycles. The Morgan fingerprint density at radius 1 is 1.04 bits per heavy atom. The Labute approximate surface area is 157 Å². The fourth-order valence-electron chi connectivity index (χ4n) is 4.60. The summed E-state index contributed by atoms with van der Waals surface area (Å²) < 4.78 is 0. The van der Waals surface area contributed by atoms with Crippen LogP contribution in [0.5, 0.6) is 0 Å². The molecule has 2 atom stereocenters. The van der Waals surface area contributed by atoms with Crippen molar-refractivity contribution in [1.82, 2.24) is 9.88 Å². The summed E-state index contributed by atoms with van der Waals surface area (Å²) in [5.41, 5.74) is 3.92. The third-order valence-corrected chi connectivity index (χ3v) is 6.71. The lowest BCUT2D eigenvalue weighted by atomic mass is 9.77. The molecule has 26 heavy (non-hydrogen) atoms. The highest BCUT2D eigenvalue weighted by Gasteiger charge is 2.40. The minimum Gasteiger partial charge on any atom is -0.358 e. The number of nitrogens with zero attached hydrogens (tertiary/aromatic N) is 1. The zero-order chi connectivity index (χ0) is 17.5. The number of rotatable bonds is 4. The molecule has 1 aromatic heterocycles. The molecule has 2 aromatic carbocycles. The van der Waals surface area contributed by atoms with Crippen LogP contribution in [0.4, 0.5) is 0 Å². The van der Waals surface area contributed by atoms with Gasteiger partial charge in [-0.25, -0.2) is 0 Å². The average molecular weight is 362 g/mol. The number of aromatic amines is 1. The van der Waals surface area contributed by atoms with Gasteiger partial charge in [-0.15, -0.1) is 11.8 Å². The first-order valence-corrected chi connectivity index (χ1v) is 10.3. The first-order valence-electron chi connectivity index (χ1n) is 9.36. The Hall–Kier alpha value is -2.20. The van der Waals surface area contributed by atoms with Crippen molar-refractivity contribution in [3.05, 3.63) is 65.9 Å². The van der Waals surface area contributed by atoms with Crippen LogP contribution in [0.1, 0.15) is 30.1 Å². The number of likely N-dealkylation sites (tertiary alicyclic amines) is 1. The van der Waals surface area contributed by atoms with Crippen LogP contribution in [-0.2, 0) is 11.2 Å². The fraction of sp³-hybridized carbons (Fsp3) is 0.318. The number of fused-ring (bicyclic) bond motifs is 6. The van der Waals surface area contributed by atoms with E-state index >= 15 is 0 Å². The normalized spacial score (nSPS) is 21.8. The monoisotopic (exact) mass is 362 g/mol. The van der Waals surface area contributed by atoms with Crippen molar-refractivity contribution in [3.8, 4) is 0 Å². The number of hydrogen-bond donors (Lipinski definition) is 1. The molecule has 1 amide bonds. The van der Waals surface area contributed by atoms with Crippen molar-refractivity contribution in [2.24, 2.45) is 5.92 Å². The molecule has 2 bridgehead atoms. The number of nitrogens with one attached hydrogen (secondary N) is 1. The second-order valence-corrected chi connectivity index (χ2v) is 8.51. The molecule has 2 heterocycles. The molecule has 1 N–H and O–H groups in total. The third kappa shape index (κ3) is 2.73. The summed E-state index contributed by atoms with van der Waals surface area (Å²) in [4.78, 5) is 19.9. The van der Waals surface area contributed by atoms with E-state index in [0.29, 0.717) is 18.2 Å². The van der Waals surface area contributed by atoms with E-state index in [2.05, 4.69) is 58.4 Å². The summed E-state index contributed by atoms with van der Waals surface area (Å²) in [6, 6.07) is 19.2. The molecule has 3 aromatic rings. The lowest BCUT2D eigenvalue weighted by Crippen LogP contribution is -2.45. The van der Waals surface area contributed by atoms with Crippen LogP contribution in [0.2, 0.25) is 0 Å². The summed E-state index contributed by atoms with van der Waals surface area (Å²) in [5, 5.41) is 1.29. The van der Waals surface area contributed by atoms with Crippen LogP contribution >= 0.6 is 11.8 Å². The van der Waals surface area contributed by atoms with Gasteiger partial charge in [-0.3, -0.25) is 4.79 Å². The molecule has 4 heteroatoms. The number of aromatic nitrogens is 1. The molecule has 1 fully saturated rings. The van der Waals surface area contributed by atoms with Crippen LogP contribution < -0.4 is 0 Å². The van der Waals surface area contributed by atoms with Gasteiger partial charge < -0.3 is 9.88 Å². The van der Waals surface area contributed by atoms with Gasteiger partial charge in [-0.2, -0.15) is 0 Å². The van der Waals surface area contributed by atoms with Crippen LogP contribution in [0.3, 0.4) is 0 Å². The Morgan fingerprint density at radius 3 is 2.73 bits per heavy atom. The fourth-order valence-corrected chi connectivity index (χ4v) is 5.48. The Morgan fingerprint density at radius 2 is 1.85 bits per heavy atom. The van der Waals surface area contributed by atoms with Gasteiger partial charge in [0.05, 0.1) is 6.04 Å². The topological polar surface area (TPSA) is 36.1 Å².